The highest BCUT2D eigenvalue weighted by Gasteiger charge is 2.01. The molecule has 0 bridgehead atoms. The van der Waals surface area contributed by atoms with Crippen LogP contribution in [0.3, 0.4) is 0 Å². The van der Waals surface area contributed by atoms with Gasteiger partial charge < -0.3 is 5.73 Å². The second-order valence-corrected chi connectivity index (χ2v) is 4.93. The van der Waals surface area contributed by atoms with E-state index < -0.39 is 0 Å². The second-order valence-electron chi connectivity index (χ2n) is 4.93. The van der Waals surface area contributed by atoms with Crippen molar-refractivity contribution in [3.63, 3.8) is 0 Å². The minimum atomic E-state index is 0.827. The van der Waals surface area contributed by atoms with Crippen LogP contribution in [0.25, 0.3) is 0 Å². The molecule has 2 rings (SSSR count). The van der Waals surface area contributed by atoms with Gasteiger partial charge >= 0.3 is 0 Å². The van der Waals surface area contributed by atoms with E-state index in [4.69, 9.17) is 5.73 Å². The summed E-state index contributed by atoms with van der Waals surface area (Å²) in [4.78, 5) is 0. The number of aryl methyl sites for hydroxylation is 2. The van der Waals surface area contributed by atoms with Gasteiger partial charge in [-0.2, -0.15) is 0 Å². The topological polar surface area (TPSA) is 26.0 Å². The van der Waals surface area contributed by atoms with Gasteiger partial charge in [0.05, 0.1) is 0 Å². The SMILES string of the molecule is CCCc1ccc(Cc2ccc(N)cc2)cc1C. The Bertz CT molecular complexity index is 512. The Morgan fingerprint density at radius 1 is 0.944 bits per heavy atom. The summed E-state index contributed by atoms with van der Waals surface area (Å²) in [5.74, 6) is 0. The molecule has 2 aromatic rings. The first-order valence-corrected chi connectivity index (χ1v) is 6.62. The smallest absolute Gasteiger partial charge is 0.0314 e. The van der Waals surface area contributed by atoms with Gasteiger partial charge in [0.2, 0.25) is 0 Å². The molecule has 0 spiro atoms. The highest BCUT2D eigenvalue weighted by molar-refractivity contribution is 5.41. The Labute approximate surface area is 110 Å². The normalized spacial score (nSPS) is 10.6. The second kappa shape index (κ2) is 5.72. The number of nitrogen functional groups attached to an aromatic ring is 1. The molecule has 0 heterocycles. The molecule has 0 unspecified atom stereocenters. The Kier molecular flexibility index (Phi) is 4.03. The van der Waals surface area contributed by atoms with Crippen LogP contribution in [0.2, 0.25) is 0 Å². The molecule has 1 nitrogen and oxygen atoms in total. The molecule has 0 aliphatic carbocycles. The zero-order chi connectivity index (χ0) is 13.0. The fourth-order valence-corrected chi connectivity index (χ4v) is 2.29. The van der Waals surface area contributed by atoms with Crippen molar-refractivity contribution in [2.45, 2.75) is 33.1 Å². The summed E-state index contributed by atoms with van der Waals surface area (Å²) in [5.41, 5.74) is 12.1. The van der Waals surface area contributed by atoms with Crippen molar-refractivity contribution in [3.05, 3.63) is 64.7 Å². The summed E-state index contributed by atoms with van der Waals surface area (Å²) >= 11 is 0. The first kappa shape index (κ1) is 12.7. The lowest BCUT2D eigenvalue weighted by Crippen LogP contribution is -1.94. The van der Waals surface area contributed by atoms with E-state index in [9.17, 15) is 0 Å². The summed E-state index contributed by atoms with van der Waals surface area (Å²) < 4.78 is 0. The van der Waals surface area contributed by atoms with E-state index in [1.165, 1.54) is 35.1 Å². The lowest BCUT2D eigenvalue weighted by Gasteiger charge is -2.08. The third-order valence-corrected chi connectivity index (χ3v) is 3.31. The van der Waals surface area contributed by atoms with Gasteiger partial charge in [-0.15, -0.1) is 0 Å². The predicted octanol–water partition coefficient (Wildman–Crippen LogP) is 4.12. The maximum absolute atomic E-state index is 5.70. The predicted molar refractivity (Wildman–Crippen MR) is 78.8 cm³/mol. The highest BCUT2D eigenvalue weighted by atomic mass is 14.5. The average molecular weight is 239 g/mol. The molecule has 0 amide bonds. The molecule has 2 aromatic carbocycles. The molecule has 0 saturated carbocycles. The van der Waals surface area contributed by atoms with Crippen LogP contribution in [0, 0.1) is 6.92 Å². The average Bonchev–Trinajstić information content (AvgIpc) is 2.36. The van der Waals surface area contributed by atoms with Crippen molar-refractivity contribution in [1.29, 1.82) is 0 Å². The Hall–Kier alpha value is -1.76. The van der Waals surface area contributed by atoms with Crippen molar-refractivity contribution in [2.75, 3.05) is 5.73 Å². The van der Waals surface area contributed by atoms with Crippen molar-refractivity contribution >= 4 is 5.69 Å². The quantitative estimate of drug-likeness (QED) is 0.798. The molecule has 0 atom stereocenters. The van der Waals surface area contributed by atoms with E-state index in [2.05, 4.69) is 44.2 Å². The zero-order valence-corrected chi connectivity index (χ0v) is 11.2. The standard InChI is InChI=1S/C17H21N/c1-3-4-16-8-5-15(11-13(16)2)12-14-6-9-17(18)10-7-14/h5-11H,3-4,12,18H2,1-2H3. The van der Waals surface area contributed by atoms with Crippen LogP contribution in [-0.4, -0.2) is 0 Å². The van der Waals surface area contributed by atoms with Crippen LogP contribution in [0.15, 0.2) is 42.5 Å². The lowest BCUT2D eigenvalue weighted by atomic mass is 9.98. The molecule has 0 fully saturated rings. The highest BCUT2D eigenvalue weighted by Crippen LogP contribution is 2.16. The lowest BCUT2D eigenvalue weighted by molar-refractivity contribution is 0.910. The van der Waals surface area contributed by atoms with E-state index in [1.54, 1.807) is 0 Å². The zero-order valence-electron chi connectivity index (χ0n) is 11.2. The molecular formula is C17H21N. The van der Waals surface area contributed by atoms with Crippen LogP contribution in [-0.2, 0) is 12.8 Å². The molecule has 0 aromatic heterocycles. The Balaban J connectivity index is 2.14. The number of anilines is 1. The summed E-state index contributed by atoms with van der Waals surface area (Å²) in [7, 11) is 0. The van der Waals surface area contributed by atoms with Crippen LogP contribution in [0.1, 0.15) is 35.6 Å². The summed E-state index contributed by atoms with van der Waals surface area (Å²) in [6.07, 6.45) is 3.36. The maximum Gasteiger partial charge on any atom is 0.0314 e. The molecule has 18 heavy (non-hydrogen) atoms. The van der Waals surface area contributed by atoms with Gasteiger partial charge in [0.15, 0.2) is 0 Å². The van der Waals surface area contributed by atoms with E-state index in [0.29, 0.717) is 0 Å². The molecular weight excluding hydrogens is 218 g/mol. The molecule has 1 heteroatoms. The monoisotopic (exact) mass is 239 g/mol. The molecule has 0 aliphatic heterocycles. The fraction of sp³-hybridized carbons (Fsp3) is 0.294. The molecule has 0 radical (unpaired) electrons. The van der Waals surface area contributed by atoms with Gasteiger partial charge in [-0.05, 0) is 54.2 Å². The Morgan fingerprint density at radius 3 is 2.22 bits per heavy atom. The van der Waals surface area contributed by atoms with E-state index in [-0.39, 0.29) is 0 Å². The number of rotatable bonds is 4. The van der Waals surface area contributed by atoms with Crippen LogP contribution < -0.4 is 5.73 Å². The third kappa shape index (κ3) is 3.13. The summed E-state index contributed by atoms with van der Waals surface area (Å²) in [6.45, 7) is 4.43. The van der Waals surface area contributed by atoms with Gasteiger partial charge in [0.25, 0.3) is 0 Å². The third-order valence-electron chi connectivity index (χ3n) is 3.31. The van der Waals surface area contributed by atoms with Crippen molar-refractivity contribution in [2.24, 2.45) is 0 Å². The molecule has 94 valence electrons. The van der Waals surface area contributed by atoms with E-state index >= 15 is 0 Å². The summed E-state index contributed by atoms with van der Waals surface area (Å²) in [5, 5.41) is 0. The van der Waals surface area contributed by atoms with Crippen LogP contribution in [0.4, 0.5) is 5.69 Å². The minimum Gasteiger partial charge on any atom is -0.399 e. The first-order chi connectivity index (χ1) is 8.69. The number of nitrogens with two attached hydrogens (primary N) is 1. The number of hydrogen-bond donors (Lipinski definition) is 1. The van der Waals surface area contributed by atoms with Crippen molar-refractivity contribution in [3.8, 4) is 0 Å². The van der Waals surface area contributed by atoms with Gasteiger partial charge in [-0.3, -0.25) is 0 Å². The number of benzene rings is 2. The van der Waals surface area contributed by atoms with Gasteiger partial charge in [0.1, 0.15) is 0 Å². The molecule has 0 saturated heterocycles. The van der Waals surface area contributed by atoms with Gasteiger partial charge in [-0.25, -0.2) is 0 Å². The summed E-state index contributed by atoms with van der Waals surface area (Å²) in [6, 6.07) is 15.0. The maximum atomic E-state index is 5.70. The minimum absolute atomic E-state index is 0.827. The van der Waals surface area contributed by atoms with Crippen molar-refractivity contribution < 1.29 is 0 Å². The van der Waals surface area contributed by atoms with Gasteiger partial charge in [-0.1, -0.05) is 43.7 Å². The first-order valence-electron chi connectivity index (χ1n) is 6.62. The fourth-order valence-electron chi connectivity index (χ4n) is 2.29. The molecule has 2 N–H and O–H groups in total. The molecule has 0 aliphatic rings. The van der Waals surface area contributed by atoms with E-state index in [1.807, 2.05) is 12.1 Å². The van der Waals surface area contributed by atoms with Crippen LogP contribution in [0.5, 0.6) is 0 Å². The number of hydrogen-bond acceptors (Lipinski definition) is 1. The van der Waals surface area contributed by atoms with Crippen molar-refractivity contribution in [1.82, 2.24) is 0 Å². The Morgan fingerprint density at radius 2 is 1.61 bits per heavy atom. The van der Waals surface area contributed by atoms with Crippen LogP contribution >= 0.6 is 0 Å². The largest absolute Gasteiger partial charge is 0.399 e. The van der Waals surface area contributed by atoms with Gasteiger partial charge in [0, 0.05) is 5.69 Å². The van der Waals surface area contributed by atoms with E-state index in [0.717, 1.165) is 12.1 Å².